The first kappa shape index (κ1) is 18.1. The second-order valence-electron chi connectivity index (χ2n) is 7.10. The molecule has 0 radical (unpaired) electrons. The summed E-state index contributed by atoms with van der Waals surface area (Å²) in [5.74, 6) is 0.841. The second-order valence-corrected chi connectivity index (χ2v) is 7.48. The van der Waals surface area contributed by atoms with E-state index in [1.165, 1.54) is 5.57 Å². The van der Waals surface area contributed by atoms with Crippen molar-refractivity contribution in [2.45, 2.75) is 25.8 Å². The largest absolute Gasteiger partial charge is 0.486 e. The first-order valence-corrected chi connectivity index (χ1v) is 9.96. The van der Waals surface area contributed by atoms with Crippen LogP contribution >= 0.6 is 12.2 Å². The highest BCUT2D eigenvalue weighted by Crippen LogP contribution is 2.21. The number of fused-ring (bicyclic) bond motifs is 1. The zero-order valence-corrected chi connectivity index (χ0v) is 16.5. The molecule has 6 nitrogen and oxygen atoms in total. The smallest absolute Gasteiger partial charge is 0.269 e. The Balaban J connectivity index is 1.33. The standard InChI is InChI=1S/C20H25N5OS/c1-15-5-2-3-6-17(15)24-10-12-25(13-11-24)20(27)23-22-16-8-14-26-18-7-4-9-21-19(16)18/h2-5,7,9,17H,6,8,10-14H2,1H3,(H,23,27)/p+1/b22-16-. The molecule has 3 aliphatic rings. The summed E-state index contributed by atoms with van der Waals surface area (Å²) in [6.07, 6.45) is 10.4. The van der Waals surface area contributed by atoms with Crippen molar-refractivity contribution < 1.29 is 9.72 Å². The van der Waals surface area contributed by atoms with Crippen LogP contribution in [0.1, 0.15) is 25.5 Å². The SMILES string of the molecule is CC1=CC=CCC1N1CCN(C(=S)N/N=C2/CCOc3ccc[nH+]c32)CC1. The van der Waals surface area contributed by atoms with Crippen molar-refractivity contribution in [1.29, 1.82) is 0 Å². The fraction of sp³-hybridized carbons (Fsp3) is 0.450. The van der Waals surface area contributed by atoms with Crippen LogP contribution in [-0.4, -0.2) is 59.5 Å². The summed E-state index contributed by atoms with van der Waals surface area (Å²) < 4.78 is 5.66. The van der Waals surface area contributed by atoms with Gasteiger partial charge in [-0.2, -0.15) is 5.10 Å². The molecule has 1 saturated heterocycles. The van der Waals surface area contributed by atoms with Crippen LogP contribution in [-0.2, 0) is 0 Å². The van der Waals surface area contributed by atoms with Gasteiger partial charge in [0.2, 0.25) is 0 Å². The van der Waals surface area contributed by atoms with E-state index in [4.69, 9.17) is 17.0 Å². The van der Waals surface area contributed by atoms with Gasteiger partial charge in [0.1, 0.15) is 5.71 Å². The molecule has 1 aromatic heterocycles. The molecule has 1 aromatic rings. The number of allylic oxidation sites excluding steroid dienone is 2. The molecule has 0 amide bonds. The Morgan fingerprint density at radius 2 is 2.19 bits per heavy atom. The fourth-order valence-electron chi connectivity index (χ4n) is 3.85. The second kappa shape index (κ2) is 8.19. The molecule has 0 aromatic carbocycles. The number of hydrogen-bond acceptors (Lipinski definition) is 4. The van der Waals surface area contributed by atoms with Gasteiger partial charge in [0.25, 0.3) is 5.69 Å². The third kappa shape index (κ3) is 4.04. The molecule has 1 fully saturated rings. The summed E-state index contributed by atoms with van der Waals surface area (Å²) in [5, 5.41) is 5.26. The van der Waals surface area contributed by atoms with Crippen LogP contribution in [0.2, 0.25) is 0 Å². The number of aromatic nitrogens is 1. The quantitative estimate of drug-likeness (QED) is 0.622. The predicted molar refractivity (Wildman–Crippen MR) is 110 cm³/mol. The van der Waals surface area contributed by atoms with Crippen LogP contribution < -0.4 is 15.1 Å². The maximum absolute atomic E-state index is 5.66. The molecule has 1 aliphatic carbocycles. The molecule has 2 N–H and O–H groups in total. The summed E-state index contributed by atoms with van der Waals surface area (Å²) in [6, 6.07) is 4.42. The number of hydrazone groups is 1. The van der Waals surface area contributed by atoms with Crippen molar-refractivity contribution in [2.24, 2.45) is 5.10 Å². The normalized spacial score (nSPS) is 24.2. The molecule has 7 heteroatoms. The van der Waals surface area contributed by atoms with Crippen molar-refractivity contribution in [3.8, 4) is 5.75 Å². The van der Waals surface area contributed by atoms with Crippen LogP contribution in [0.25, 0.3) is 0 Å². The van der Waals surface area contributed by atoms with Crippen molar-refractivity contribution in [3.63, 3.8) is 0 Å². The molecular weight excluding hydrogens is 358 g/mol. The first-order valence-electron chi connectivity index (χ1n) is 9.55. The van der Waals surface area contributed by atoms with E-state index in [9.17, 15) is 0 Å². The molecule has 4 rings (SSSR count). The Morgan fingerprint density at radius 3 is 3.00 bits per heavy atom. The lowest BCUT2D eigenvalue weighted by atomic mass is 9.98. The number of nitrogens with zero attached hydrogens (tertiary/aromatic N) is 3. The van der Waals surface area contributed by atoms with E-state index >= 15 is 0 Å². The van der Waals surface area contributed by atoms with E-state index in [1.54, 1.807) is 0 Å². The Hall–Kier alpha value is -2.25. The van der Waals surface area contributed by atoms with Gasteiger partial charge in [-0.15, -0.1) is 0 Å². The number of ether oxygens (including phenoxy) is 1. The third-order valence-electron chi connectivity index (χ3n) is 5.41. The molecule has 0 bridgehead atoms. The van der Waals surface area contributed by atoms with Gasteiger partial charge in [0, 0.05) is 44.7 Å². The van der Waals surface area contributed by atoms with E-state index in [0.717, 1.165) is 56.2 Å². The highest BCUT2D eigenvalue weighted by molar-refractivity contribution is 7.80. The topological polar surface area (TPSA) is 54.2 Å². The maximum Gasteiger partial charge on any atom is 0.269 e. The van der Waals surface area contributed by atoms with Gasteiger partial charge < -0.3 is 9.64 Å². The van der Waals surface area contributed by atoms with Gasteiger partial charge in [-0.05, 0) is 31.6 Å². The summed E-state index contributed by atoms with van der Waals surface area (Å²) >= 11 is 5.58. The lowest BCUT2D eigenvalue weighted by Crippen LogP contribution is -2.54. The fourth-order valence-corrected chi connectivity index (χ4v) is 4.07. The number of nitrogens with one attached hydrogen (secondary N) is 2. The van der Waals surface area contributed by atoms with Gasteiger partial charge in [0.05, 0.1) is 6.61 Å². The number of piperazine rings is 1. The number of H-pyrrole nitrogens is 1. The van der Waals surface area contributed by atoms with Crippen molar-refractivity contribution in [2.75, 3.05) is 32.8 Å². The maximum atomic E-state index is 5.66. The van der Waals surface area contributed by atoms with Gasteiger partial charge in [0.15, 0.2) is 17.1 Å². The number of thiocarbonyl (C=S) groups is 1. The van der Waals surface area contributed by atoms with E-state index in [0.29, 0.717) is 17.8 Å². The minimum Gasteiger partial charge on any atom is -0.486 e. The molecule has 27 heavy (non-hydrogen) atoms. The monoisotopic (exact) mass is 384 g/mol. The van der Waals surface area contributed by atoms with Crippen molar-refractivity contribution in [3.05, 3.63) is 47.8 Å². The predicted octanol–water partition coefficient (Wildman–Crippen LogP) is 1.75. The molecule has 1 atom stereocenters. The zero-order chi connectivity index (χ0) is 18.6. The minimum atomic E-state index is 0.535. The lowest BCUT2D eigenvalue weighted by molar-refractivity contribution is -0.382. The Bertz CT molecular complexity index is 795. The Labute approximate surface area is 165 Å². The van der Waals surface area contributed by atoms with Crippen molar-refractivity contribution in [1.82, 2.24) is 15.2 Å². The minimum absolute atomic E-state index is 0.535. The van der Waals surface area contributed by atoms with Gasteiger partial charge in [-0.25, -0.2) is 4.98 Å². The Morgan fingerprint density at radius 1 is 1.33 bits per heavy atom. The molecule has 1 unspecified atom stereocenters. The van der Waals surface area contributed by atoms with E-state index < -0.39 is 0 Å². The molecule has 0 saturated carbocycles. The van der Waals surface area contributed by atoms with Crippen LogP contribution in [0.15, 0.2) is 47.2 Å². The molecule has 2 aliphatic heterocycles. The Kier molecular flexibility index (Phi) is 5.50. The summed E-state index contributed by atoms with van der Waals surface area (Å²) in [7, 11) is 0. The highest BCUT2D eigenvalue weighted by Gasteiger charge is 2.27. The highest BCUT2D eigenvalue weighted by atomic mass is 32.1. The van der Waals surface area contributed by atoms with Crippen molar-refractivity contribution >= 4 is 23.0 Å². The van der Waals surface area contributed by atoms with Crippen LogP contribution in [0.5, 0.6) is 5.75 Å². The average Bonchev–Trinajstić information content (AvgIpc) is 2.72. The lowest BCUT2D eigenvalue weighted by Gasteiger charge is -2.40. The van der Waals surface area contributed by atoms with E-state index in [1.807, 2.05) is 18.3 Å². The number of rotatable bonds is 2. The summed E-state index contributed by atoms with van der Waals surface area (Å²) in [4.78, 5) is 7.99. The average molecular weight is 385 g/mol. The summed E-state index contributed by atoms with van der Waals surface area (Å²) in [6.45, 7) is 6.76. The van der Waals surface area contributed by atoms with E-state index in [-0.39, 0.29) is 0 Å². The number of pyridine rings is 1. The number of aromatic amines is 1. The summed E-state index contributed by atoms with van der Waals surface area (Å²) in [5.41, 5.74) is 6.42. The zero-order valence-electron chi connectivity index (χ0n) is 15.6. The third-order valence-corrected chi connectivity index (χ3v) is 5.76. The van der Waals surface area contributed by atoms with Gasteiger partial charge >= 0.3 is 0 Å². The number of hydrogen-bond donors (Lipinski definition) is 1. The van der Waals surface area contributed by atoms with Crippen LogP contribution in [0, 0.1) is 0 Å². The van der Waals surface area contributed by atoms with E-state index in [2.05, 4.69) is 50.5 Å². The molecule has 3 heterocycles. The van der Waals surface area contributed by atoms with Crippen LogP contribution in [0.4, 0.5) is 0 Å². The first-order chi connectivity index (χ1) is 13.2. The molecule has 142 valence electrons. The molecule has 0 spiro atoms. The van der Waals surface area contributed by atoms with Crippen LogP contribution in [0.3, 0.4) is 0 Å². The van der Waals surface area contributed by atoms with Gasteiger partial charge in [-0.1, -0.05) is 23.8 Å². The molecular formula is C20H26N5OS+. The van der Waals surface area contributed by atoms with Gasteiger partial charge in [-0.3, -0.25) is 10.3 Å².